The fourth-order valence-corrected chi connectivity index (χ4v) is 3.16. The Bertz CT molecular complexity index is 700. The van der Waals surface area contributed by atoms with Gasteiger partial charge in [-0.15, -0.1) is 24.0 Å². The van der Waals surface area contributed by atoms with Crippen LogP contribution in [0.3, 0.4) is 0 Å². The maximum atomic E-state index is 5.45. The van der Waals surface area contributed by atoms with Gasteiger partial charge in [0.2, 0.25) is 0 Å². The molecule has 2 aromatic rings. The number of aromatic nitrogens is 2. The molecule has 0 unspecified atom stereocenters. The molecule has 1 fully saturated rings. The standard InChI is InChI=1S/C20H30N6O.HI/c1-21-20(22-8-4-10-26-11-5-9-24-26)23-16-18-6-2-3-7-19(18)17-25-12-14-27-15-13-25;/h2-3,5-7,9,11H,4,8,10,12-17H2,1H3,(H2,21,22,23);1H. The molecule has 8 heteroatoms. The van der Waals surface area contributed by atoms with E-state index >= 15 is 0 Å². The zero-order chi connectivity index (χ0) is 18.7. The van der Waals surface area contributed by atoms with Gasteiger partial charge in [-0.1, -0.05) is 24.3 Å². The summed E-state index contributed by atoms with van der Waals surface area (Å²) in [5, 5.41) is 11.0. The van der Waals surface area contributed by atoms with Crippen molar-refractivity contribution in [3.05, 3.63) is 53.9 Å². The number of ether oxygens (including phenoxy) is 1. The van der Waals surface area contributed by atoms with E-state index in [1.165, 1.54) is 11.1 Å². The number of hydrogen-bond acceptors (Lipinski definition) is 4. The second-order valence-corrected chi connectivity index (χ2v) is 6.63. The quantitative estimate of drug-likeness (QED) is 0.253. The number of aryl methyl sites for hydroxylation is 1. The van der Waals surface area contributed by atoms with Crippen molar-refractivity contribution >= 4 is 29.9 Å². The highest BCUT2D eigenvalue weighted by Crippen LogP contribution is 2.13. The largest absolute Gasteiger partial charge is 0.379 e. The van der Waals surface area contributed by atoms with Crippen molar-refractivity contribution in [2.24, 2.45) is 4.99 Å². The summed E-state index contributed by atoms with van der Waals surface area (Å²) < 4.78 is 7.39. The number of guanidine groups is 1. The lowest BCUT2D eigenvalue weighted by Gasteiger charge is -2.27. The smallest absolute Gasteiger partial charge is 0.191 e. The van der Waals surface area contributed by atoms with Crippen molar-refractivity contribution in [2.45, 2.75) is 26.1 Å². The van der Waals surface area contributed by atoms with Gasteiger partial charge in [0.15, 0.2) is 5.96 Å². The van der Waals surface area contributed by atoms with Crippen LogP contribution >= 0.6 is 24.0 Å². The van der Waals surface area contributed by atoms with Gasteiger partial charge in [0.05, 0.1) is 13.2 Å². The van der Waals surface area contributed by atoms with Crippen LogP contribution in [-0.4, -0.2) is 60.5 Å². The molecule has 1 aromatic carbocycles. The Kier molecular flexibility index (Phi) is 10.3. The van der Waals surface area contributed by atoms with Gasteiger partial charge in [-0.2, -0.15) is 5.10 Å². The fraction of sp³-hybridized carbons (Fsp3) is 0.500. The second kappa shape index (κ2) is 12.7. The van der Waals surface area contributed by atoms with Crippen molar-refractivity contribution in [1.29, 1.82) is 0 Å². The zero-order valence-electron chi connectivity index (χ0n) is 16.5. The summed E-state index contributed by atoms with van der Waals surface area (Å²) in [5.41, 5.74) is 2.67. The second-order valence-electron chi connectivity index (χ2n) is 6.63. The predicted molar refractivity (Wildman–Crippen MR) is 123 cm³/mol. The highest BCUT2D eigenvalue weighted by molar-refractivity contribution is 14.0. The maximum absolute atomic E-state index is 5.45. The highest BCUT2D eigenvalue weighted by Gasteiger charge is 2.12. The predicted octanol–water partition coefficient (Wildman–Crippen LogP) is 2.09. The Morgan fingerprint density at radius 2 is 1.93 bits per heavy atom. The van der Waals surface area contributed by atoms with Crippen molar-refractivity contribution in [1.82, 2.24) is 25.3 Å². The van der Waals surface area contributed by atoms with Crippen molar-refractivity contribution in [2.75, 3.05) is 39.9 Å². The average molecular weight is 498 g/mol. The van der Waals surface area contributed by atoms with E-state index in [2.05, 4.69) is 49.9 Å². The van der Waals surface area contributed by atoms with Gasteiger partial charge in [0.1, 0.15) is 0 Å². The molecule has 7 nitrogen and oxygen atoms in total. The van der Waals surface area contributed by atoms with Crippen molar-refractivity contribution in [3.8, 4) is 0 Å². The van der Waals surface area contributed by atoms with Gasteiger partial charge in [-0.05, 0) is 23.6 Å². The van der Waals surface area contributed by atoms with Crippen LogP contribution in [0.1, 0.15) is 17.5 Å². The van der Waals surface area contributed by atoms with E-state index in [0.717, 1.165) is 64.9 Å². The Morgan fingerprint density at radius 1 is 1.14 bits per heavy atom. The van der Waals surface area contributed by atoms with Gasteiger partial charge in [-0.25, -0.2) is 0 Å². The Balaban J connectivity index is 0.00000280. The lowest BCUT2D eigenvalue weighted by atomic mass is 10.1. The van der Waals surface area contributed by atoms with Gasteiger partial charge >= 0.3 is 0 Å². The van der Waals surface area contributed by atoms with E-state index < -0.39 is 0 Å². The Labute approximate surface area is 184 Å². The number of halogens is 1. The summed E-state index contributed by atoms with van der Waals surface area (Å²) in [6.45, 7) is 7.15. The first-order chi connectivity index (χ1) is 13.3. The number of aliphatic imine (C=N–C) groups is 1. The minimum Gasteiger partial charge on any atom is -0.379 e. The summed E-state index contributed by atoms with van der Waals surface area (Å²) in [5.74, 6) is 0.830. The molecule has 0 spiro atoms. The molecule has 0 amide bonds. The number of nitrogens with one attached hydrogen (secondary N) is 2. The van der Waals surface area contributed by atoms with Gasteiger partial charge in [0.25, 0.3) is 0 Å². The first-order valence-electron chi connectivity index (χ1n) is 9.64. The van der Waals surface area contributed by atoms with Crippen LogP contribution in [-0.2, 0) is 24.4 Å². The summed E-state index contributed by atoms with van der Waals surface area (Å²) in [6, 6.07) is 10.6. The molecular formula is C20H31IN6O. The van der Waals surface area contributed by atoms with E-state index in [1.54, 1.807) is 0 Å². The first kappa shape index (κ1) is 22.6. The van der Waals surface area contributed by atoms with E-state index in [1.807, 2.05) is 30.2 Å². The third kappa shape index (κ3) is 7.40. The molecule has 0 atom stereocenters. The number of benzene rings is 1. The molecule has 1 aromatic heterocycles. The van der Waals surface area contributed by atoms with Crippen LogP contribution in [0.4, 0.5) is 0 Å². The van der Waals surface area contributed by atoms with Crippen LogP contribution in [0.25, 0.3) is 0 Å². The van der Waals surface area contributed by atoms with Gasteiger partial charge < -0.3 is 15.4 Å². The van der Waals surface area contributed by atoms with E-state index in [9.17, 15) is 0 Å². The number of rotatable bonds is 8. The van der Waals surface area contributed by atoms with Gasteiger partial charge in [0, 0.05) is 58.7 Å². The normalized spacial score (nSPS) is 15.1. The number of nitrogens with zero attached hydrogens (tertiary/aromatic N) is 4. The van der Waals surface area contributed by atoms with E-state index in [4.69, 9.17) is 4.74 Å². The number of morpholine rings is 1. The molecule has 0 bridgehead atoms. The SMILES string of the molecule is CN=C(NCCCn1cccn1)NCc1ccccc1CN1CCOCC1.I. The molecule has 154 valence electrons. The molecule has 2 heterocycles. The summed E-state index contributed by atoms with van der Waals surface area (Å²) in [4.78, 5) is 6.78. The lowest BCUT2D eigenvalue weighted by molar-refractivity contribution is 0.0341. The Morgan fingerprint density at radius 3 is 2.64 bits per heavy atom. The Hall–Kier alpha value is -1.65. The molecule has 0 radical (unpaired) electrons. The number of hydrogen-bond donors (Lipinski definition) is 2. The third-order valence-electron chi connectivity index (χ3n) is 4.70. The molecular weight excluding hydrogens is 467 g/mol. The van der Waals surface area contributed by atoms with Crippen LogP contribution in [0.2, 0.25) is 0 Å². The molecule has 0 saturated carbocycles. The summed E-state index contributed by atoms with van der Waals surface area (Å²) >= 11 is 0. The third-order valence-corrected chi connectivity index (χ3v) is 4.70. The molecule has 3 rings (SSSR count). The molecule has 1 saturated heterocycles. The zero-order valence-corrected chi connectivity index (χ0v) is 18.8. The van der Waals surface area contributed by atoms with Crippen LogP contribution < -0.4 is 10.6 Å². The molecule has 1 aliphatic rings. The molecule has 2 N–H and O–H groups in total. The lowest BCUT2D eigenvalue weighted by Crippen LogP contribution is -2.38. The average Bonchev–Trinajstić information content (AvgIpc) is 3.23. The fourth-order valence-electron chi connectivity index (χ4n) is 3.16. The van der Waals surface area contributed by atoms with Gasteiger partial charge in [-0.3, -0.25) is 14.6 Å². The van der Waals surface area contributed by atoms with Crippen molar-refractivity contribution in [3.63, 3.8) is 0 Å². The minimum absolute atomic E-state index is 0. The molecule has 28 heavy (non-hydrogen) atoms. The first-order valence-corrected chi connectivity index (χ1v) is 9.64. The van der Waals surface area contributed by atoms with Crippen LogP contribution in [0, 0.1) is 0 Å². The maximum Gasteiger partial charge on any atom is 0.191 e. The minimum atomic E-state index is 0. The van der Waals surface area contributed by atoms with Crippen LogP contribution in [0.15, 0.2) is 47.7 Å². The van der Waals surface area contributed by atoms with Crippen LogP contribution in [0.5, 0.6) is 0 Å². The summed E-state index contributed by atoms with van der Waals surface area (Å²) in [7, 11) is 1.81. The van der Waals surface area contributed by atoms with E-state index in [-0.39, 0.29) is 24.0 Å². The summed E-state index contributed by atoms with van der Waals surface area (Å²) in [6.07, 6.45) is 4.79. The van der Waals surface area contributed by atoms with E-state index in [0.29, 0.717) is 0 Å². The topological polar surface area (TPSA) is 66.7 Å². The highest BCUT2D eigenvalue weighted by atomic mass is 127. The molecule has 1 aliphatic heterocycles. The molecule has 0 aliphatic carbocycles. The van der Waals surface area contributed by atoms with Crippen molar-refractivity contribution < 1.29 is 4.74 Å². The monoisotopic (exact) mass is 498 g/mol.